The zero-order valence-corrected chi connectivity index (χ0v) is 16.6. The van der Waals surface area contributed by atoms with Crippen LogP contribution in [0.3, 0.4) is 0 Å². The molecule has 1 amide bonds. The van der Waals surface area contributed by atoms with Crippen LogP contribution >= 0.6 is 11.3 Å². The van der Waals surface area contributed by atoms with Gasteiger partial charge in [0.05, 0.1) is 11.8 Å². The first kappa shape index (κ1) is 21.2. The summed E-state index contributed by atoms with van der Waals surface area (Å²) in [5, 5.41) is 1.69. The number of alkyl halides is 3. The van der Waals surface area contributed by atoms with E-state index in [9.17, 15) is 18.0 Å². The number of hydrogen-bond donors (Lipinski definition) is 1. The second-order valence-corrected chi connectivity index (χ2v) is 7.25. The number of aryl methyl sites for hydroxylation is 1. The van der Waals surface area contributed by atoms with Crippen molar-refractivity contribution in [2.75, 3.05) is 5.32 Å². The third-order valence-corrected chi connectivity index (χ3v) is 5.18. The highest BCUT2D eigenvalue weighted by Crippen LogP contribution is 2.35. The van der Waals surface area contributed by atoms with E-state index in [0.717, 1.165) is 18.4 Å². The van der Waals surface area contributed by atoms with Crippen molar-refractivity contribution < 1.29 is 22.7 Å². The van der Waals surface area contributed by atoms with E-state index < -0.39 is 17.1 Å². The van der Waals surface area contributed by atoms with E-state index in [1.54, 1.807) is 26.0 Å². The fourth-order valence-corrected chi connectivity index (χ4v) is 3.55. The summed E-state index contributed by atoms with van der Waals surface area (Å²) in [7, 11) is 0. The lowest BCUT2D eigenvalue weighted by Gasteiger charge is -2.17. The fraction of sp³-hybridized carbons (Fsp3) is 0.474. The van der Waals surface area contributed by atoms with Crippen molar-refractivity contribution >= 4 is 22.9 Å². The number of carbonyl (C=O) groups excluding carboxylic acids is 1. The van der Waals surface area contributed by atoms with Crippen molar-refractivity contribution in [3.05, 3.63) is 39.3 Å². The predicted molar refractivity (Wildman–Crippen MR) is 101 cm³/mol. The predicted octanol–water partition coefficient (Wildman–Crippen LogP) is 5.85. The number of hydrogen-bond acceptors (Lipinski definition) is 4. The molecule has 0 fully saturated rings. The van der Waals surface area contributed by atoms with Crippen LogP contribution in [-0.2, 0) is 12.6 Å². The molecule has 0 aliphatic rings. The lowest BCUT2D eigenvalue weighted by molar-refractivity contribution is -0.137. The van der Waals surface area contributed by atoms with Gasteiger partial charge in [-0.05, 0) is 38.8 Å². The van der Waals surface area contributed by atoms with Crippen LogP contribution in [0.5, 0.6) is 5.75 Å². The monoisotopic (exact) mass is 400 g/mol. The molecule has 1 heterocycles. The molecule has 0 saturated heterocycles. The molecule has 8 heteroatoms. The summed E-state index contributed by atoms with van der Waals surface area (Å²) in [5.74, 6) is 0.0476. The van der Waals surface area contributed by atoms with Gasteiger partial charge in [0, 0.05) is 11.3 Å². The van der Waals surface area contributed by atoms with E-state index in [-0.39, 0.29) is 23.1 Å². The molecule has 0 radical (unpaired) electrons. The maximum absolute atomic E-state index is 12.9. The summed E-state index contributed by atoms with van der Waals surface area (Å²) in [6.45, 7) is 7.51. The molecular formula is C19H23F3N2O2S. The van der Waals surface area contributed by atoms with Crippen molar-refractivity contribution in [3.8, 4) is 5.75 Å². The number of nitrogens with zero attached hydrogens (tertiary/aromatic N) is 1. The Bertz CT molecular complexity index is 803. The van der Waals surface area contributed by atoms with E-state index >= 15 is 0 Å². The van der Waals surface area contributed by atoms with Gasteiger partial charge in [-0.25, -0.2) is 4.98 Å². The molecule has 0 spiro atoms. The van der Waals surface area contributed by atoms with Gasteiger partial charge < -0.3 is 10.1 Å². The number of anilines is 1. The third kappa shape index (κ3) is 5.22. The minimum atomic E-state index is -4.56. The Kier molecular flexibility index (Phi) is 6.86. The molecule has 0 saturated carbocycles. The first-order chi connectivity index (χ1) is 12.7. The Morgan fingerprint density at radius 2 is 2.04 bits per heavy atom. The molecular weight excluding hydrogens is 377 g/mol. The maximum Gasteiger partial charge on any atom is 0.443 e. The molecule has 27 heavy (non-hydrogen) atoms. The standard InChI is InChI=1S/C19H23F3N2O2S/c1-5-8-11(3)26-15-10-7-9-14(12(15)4)23-17(25)16-13(6-2)24-18(27-16)19(20,21)22/h7,9-11H,5-6,8H2,1-4H3,(H,23,25). The molecule has 1 N–H and O–H groups in total. The highest BCUT2D eigenvalue weighted by atomic mass is 32.1. The SMILES string of the molecule is CCCC(C)Oc1cccc(NC(=O)c2sc(C(F)(F)F)nc2CC)c1C. The van der Waals surface area contributed by atoms with Crippen LogP contribution in [0.15, 0.2) is 18.2 Å². The molecule has 1 aromatic heterocycles. The van der Waals surface area contributed by atoms with Crippen molar-refractivity contribution in [1.82, 2.24) is 4.98 Å². The van der Waals surface area contributed by atoms with Crippen molar-refractivity contribution in [2.45, 2.75) is 59.2 Å². The first-order valence-corrected chi connectivity index (χ1v) is 9.63. The molecule has 0 aliphatic heterocycles. The number of benzene rings is 1. The van der Waals surface area contributed by atoms with Gasteiger partial charge in [-0.2, -0.15) is 13.2 Å². The van der Waals surface area contributed by atoms with Gasteiger partial charge in [0.15, 0.2) is 5.01 Å². The summed E-state index contributed by atoms with van der Waals surface area (Å²) in [5.41, 5.74) is 1.38. The number of ether oxygens (including phenoxy) is 1. The molecule has 148 valence electrons. The first-order valence-electron chi connectivity index (χ1n) is 8.81. The lowest BCUT2D eigenvalue weighted by Crippen LogP contribution is -2.15. The molecule has 1 aromatic carbocycles. The molecule has 1 atom stereocenters. The average molecular weight is 400 g/mol. The van der Waals surface area contributed by atoms with Crippen molar-refractivity contribution in [1.29, 1.82) is 0 Å². The Morgan fingerprint density at radius 1 is 1.33 bits per heavy atom. The zero-order valence-electron chi connectivity index (χ0n) is 15.7. The Balaban J connectivity index is 2.25. The molecule has 0 aliphatic carbocycles. The maximum atomic E-state index is 12.9. The van der Waals surface area contributed by atoms with Crippen LogP contribution in [0.25, 0.3) is 0 Å². The van der Waals surface area contributed by atoms with Gasteiger partial charge in [-0.15, -0.1) is 11.3 Å². The fourth-order valence-electron chi connectivity index (χ4n) is 2.63. The van der Waals surface area contributed by atoms with E-state index in [2.05, 4.69) is 17.2 Å². The van der Waals surface area contributed by atoms with Crippen LogP contribution in [0, 0.1) is 6.92 Å². The minimum absolute atomic E-state index is 0.0186. The van der Waals surface area contributed by atoms with E-state index in [1.165, 1.54) is 0 Å². The topological polar surface area (TPSA) is 51.2 Å². The van der Waals surface area contributed by atoms with Gasteiger partial charge in [-0.3, -0.25) is 4.79 Å². The summed E-state index contributed by atoms with van der Waals surface area (Å²) >= 11 is 0.366. The number of amides is 1. The number of thiazole rings is 1. The minimum Gasteiger partial charge on any atom is -0.490 e. The summed E-state index contributed by atoms with van der Waals surface area (Å²) in [4.78, 5) is 16.1. The second-order valence-electron chi connectivity index (χ2n) is 6.25. The van der Waals surface area contributed by atoms with E-state index in [1.807, 2.05) is 13.0 Å². The highest BCUT2D eigenvalue weighted by Gasteiger charge is 2.36. The summed E-state index contributed by atoms with van der Waals surface area (Å²) in [6.07, 6.45) is -2.40. The number of halogens is 3. The van der Waals surface area contributed by atoms with E-state index in [0.29, 0.717) is 22.8 Å². The number of rotatable bonds is 7. The number of aromatic nitrogens is 1. The van der Waals surface area contributed by atoms with Crippen LogP contribution in [0.1, 0.15) is 59.5 Å². The lowest BCUT2D eigenvalue weighted by atomic mass is 10.1. The van der Waals surface area contributed by atoms with Crippen LogP contribution < -0.4 is 10.1 Å². The van der Waals surface area contributed by atoms with Crippen molar-refractivity contribution in [2.24, 2.45) is 0 Å². The quantitative estimate of drug-likeness (QED) is 0.634. The average Bonchev–Trinajstić information content (AvgIpc) is 3.03. The molecule has 2 rings (SSSR count). The van der Waals surface area contributed by atoms with Gasteiger partial charge in [0.2, 0.25) is 0 Å². The summed E-state index contributed by atoms with van der Waals surface area (Å²) in [6, 6.07) is 5.25. The van der Waals surface area contributed by atoms with Crippen molar-refractivity contribution in [3.63, 3.8) is 0 Å². The van der Waals surface area contributed by atoms with Gasteiger partial charge in [0.25, 0.3) is 5.91 Å². The normalized spacial score (nSPS) is 12.7. The summed E-state index contributed by atoms with van der Waals surface area (Å²) < 4.78 is 44.6. The Labute approximate surface area is 160 Å². The molecule has 0 bridgehead atoms. The van der Waals surface area contributed by atoms with Crippen LogP contribution in [0.2, 0.25) is 0 Å². The number of nitrogens with one attached hydrogen (secondary N) is 1. The van der Waals surface area contributed by atoms with Crippen LogP contribution in [-0.4, -0.2) is 17.0 Å². The largest absolute Gasteiger partial charge is 0.490 e. The third-order valence-electron chi connectivity index (χ3n) is 4.04. The number of carbonyl (C=O) groups is 1. The van der Waals surface area contributed by atoms with Gasteiger partial charge in [-0.1, -0.05) is 26.3 Å². The zero-order chi connectivity index (χ0) is 20.2. The Hall–Kier alpha value is -2.09. The van der Waals surface area contributed by atoms with Gasteiger partial charge >= 0.3 is 6.18 Å². The molecule has 2 aromatic rings. The van der Waals surface area contributed by atoms with Gasteiger partial charge in [0.1, 0.15) is 10.6 Å². The second kappa shape index (κ2) is 8.73. The highest BCUT2D eigenvalue weighted by molar-refractivity contribution is 7.14. The van der Waals surface area contributed by atoms with Crippen LogP contribution in [0.4, 0.5) is 18.9 Å². The molecule has 1 unspecified atom stereocenters. The Morgan fingerprint density at radius 3 is 2.63 bits per heavy atom. The smallest absolute Gasteiger partial charge is 0.443 e. The molecule has 4 nitrogen and oxygen atoms in total. The van der Waals surface area contributed by atoms with E-state index in [4.69, 9.17) is 4.74 Å².